The number of benzene rings is 1. The predicted molar refractivity (Wildman–Crippen MR) is 58.1 cm³/mol. The second kappa shape index (κ2) is 3.82. The van der Waals surface area contributed by atoms with E-state index >= 15 is 0 Å². The molecule has 3 rings (SSSR count). The van der Waals surface area contributed by atoms with Crippen LogP contribution in [-0.2, 0) is 0 Å². The smallest absolute Gasteiger partial charge is 0.200 e. The molecule has 2 N–H and O–H groups in total. The maximum atomic E-state index is 13.5. The average molecular weight is 278 g/mol. The topological polar surface area (TPSA) is 29.3 Å². The lowest BCUT2D eigenvalue weighted by Crippen LogP contribution is -2.69. The normalized spacial score (nSPS) is 21.5. The molecule has 0 aromatic heterocycles. The van der Waals surface area contributed by atoms with E-state index in [0.29, 0.717) is 0 Å². The van der Waals surface area contributed by atoms with Crippen LogP contribution in [0.4, 0.5) is 27.6 Å². The van der Waals surface area contributed by atoms with Crippen LogP contribution < -0.4 is 10.6 Å². The van der Waals surface area contributed by atoms with Crippen LogP contribution in [0.3, 0.4) is 0 Å². The van der Waals surface area contributed by atoms with Crippen LogP contribution in [0.15, 0.2) is 0 Å². The summed E-state index contributed by atoms with van der Waals surface area (Å²) in [6, 6.07) is 0. The van der Waals surface area contributed by atoms with Crippen molar-refractivity contribution in [3.63, 3.8) is 0 Å². The van der Waals surface area contributed by atoms with Crippen molar-refractivity contribution in [3.05, 3.63) is 29.1 Å². The summed E-state index contributed by atoms with van der Waals surface area (Å²) in [6.07, 6.45) is 1.89. The Bertz CT molecular complexity index is 521. The quantitative estimate of drug-likeness (QED) is 0.511. The third kappa shape index (κ3) is 1.71. The Morgan fingerprint density at radius 3 is 1.68 bits per heavy atom. The minimum atomic E-state index is -2.14. The van der Waals surface area contributed by atoms with Crippen molar-refractivity contribution >= 4 is 5.69 Å². The summed E-state index contributed by atoms with van der Waals surface area (Å²) in [4.78, 5) is 1.11. The number of hydrogen-bond acceptors (Lipinski definition) is 2. The van der Waals surface area contributed by atoms with Gasteiger partial charge in [0, 0.05) is 13.1 Å². The molecule has 0 spiro atoms. The van der Waals surface area contributed by atoms with E-state index in [2.05, 4.69) is 0 Å². The van der Waals surface area contributed by atoms with E-state index in [1.54, 1.807) is 0 Å². The molecule has 0 radical (unpaired) electrons. The Morgan fingerprint density at radius 2 is 1.26 bits per heavy atom. The molecule has 2 aliphatic rings. The molecular formula is C12H11F5N2. The summed E-state index contributed by atoms with van der Waals surface area (Å²) < 4.78 is 66.1. The van der Waals surface area contributed by atoms with Crippen molar-refractivity contribution in [2.24, 2.45) is 11.7 Å². The lowest BCUT2D eigenvalue weighted by atomic mass is 9.85. The molecule has 2 nitrogen and oxygen atoms in total. The Labute approximate surface area is 106 Å². The van der Waals surface area contributed by atoms with Gasteiger partial charge < -0.3 is 10.6 Å². The van der Waals surface area contributed by atoms with Crippen molar-refractivity contribution in [1.82, 2.24) is 0 Å². The second-order valence-corrected chi connectivity index (χ2v) is 5.28. The minimum Gasteiger partial charge on any atom is -0.363 e. The zero-order valence-corrected chi connectivity index (χ0v) is 9.82. The van der Waals surface area contributed by atoms with Gasteiger partial charge in [0.2, 0.25) is 5.82 Å². The summed E-state index contributed by atoms with van der Waals surface area (Å²) in [6.45, 7) is 0.214. The zero-order valence-electron chi connectivity index (χ0n) is 9.82. The van der Waals surface area contributed by atoms with Gasteiger partial charge >= 0.3 is 0 Å². The van der Waals surface area contributed by atoms with Crippen LogP contribution in [0.25, 0.3) is 0 Å². The fraction of sp³-hybridized carbons (Fsp3) is 0.500. The molecule has 1 aromatic carbocycles. The second-order valence-electron chi connectivity index (χ2n) is 5.28. The first-order valence-corrected chi connectivity index (χ1v) is 5.90. The Kier molecular flexibility index (Phi) is 2.54. The molecule has 0 unspecified atom stereocenters. The number of anilines is 1. The molecular weight excluding hydrogens is 267 g/mol. The maximum Gasteiger partial charge on any atom is 0.200 e. The van der Waals surface area contributed by atoms with Crippen molar-refractivity contribution in [2.45, 2.75) is 18.4 Å². The minimum absolute atomic E-state index is 0.107. The molecule has 1 saturated carbocycles. The zero-order chi connectivity index (χ0) is 13.9. The van der Waals surface area contributed by atoms with Gasteiger partial charge in [0.05, 0.1) is 5.54 Å². The molecule has 2 fully saturated rings. The lowest BCUT2D eigenvalue weighted by Gasteiger charge is -2.49. The molecule has 1 aliphatic carbocycles. The van der Waals surface area contributed by atoms with Crippen LogP contribution >= 0.6 is 0 Å². The van der Waals surface area contributed by atoms with Crippen LogP contribution in [0, 0.1) is 35.0 Å². The Balaban J connectivity index is 1.94. The summed E-state index contributed by atoms with van der Waals surface area (Å²) in [5.41, 5.74) is 4.55. The molecule has 19 heavy (non-hydrogen) atoms. The van der Waals surface area contributed by atoms with Gasteiger partial charge in [-0.05, 0) is 18.8 Å². The van der Waals surface area contributed by atoms with Crippen molar-refractivity contribution in [3.8, 4) is 0 Å². The highest BCUT2D eigenvalue weighted by atomic mass is 19.2. The average Bonchev–Trinajstić information content (AvgIpc) is 3.16. The standard InChI is InChI=1S/C12H11F5N2/c13-6-7(14)9(16)11(10(17)8(6)15)19-3-12(18,4-19)5-1-2-5/h5H,1-4,18H2. The highest BCUT2D eigenvalue weighted by molar-refractivity contribution is 5.54. The Morgan fingerprint density at radius 1 is 0.842 bits per heavy atom. The molecule has 1 saturated heterocycles. The van der Waals surface area contributed by atoms with Gasteiger partial charge in [-0.3, -0.25) is 0 Å². The molecule has 0 atom stereocenters. The molecule has 7 heteroatoms. The summed E-state index contributed by atoms with van der Waals surface area (Å²) in [5.74, 6) is -9.29. The van der Waals surface area contributed by atoms with E-state index in [-0.39, 0.29) is 19.0 Å². The summed E-state index contributed by atoms with van der Waals surface area (Å²) in [5, 5.41) is 0. The third-order valence-electron chi connectivity index (χ3n) is 3.86. The first kappa shape index (κ1) is 12.7. The van der Waals surface area contributed by atoms with Crippen LogP contribution in [-0.4, -0.2) is 18.6 Å². The summed E-state index contributed by atoms with van der Waals surface area (Å²) >= 11 is 0. The first-order chi connectivity index (χ1) is 8.85. The fourth-order valence-electron chi connectivity index (χ4n) is 2.61. The highest BCUT2D eigenvalue weighted by Gasteiger charge is 2.51. The lowest BCUT2D eigenvalue weighted by molar-refractivity contribution is 0.281. The monoisotopic (exact) mass is 278 g/mol. The van der Waals surface area contributed by atoms with Gasteiger partial charge in [0.15, 0.2) is 23.3 Å². The fourth-order valence-corrected chi connectivity index (χ4v) is 2.61. The first-order valence-electron chi connectivity index (χ1n) is 5.90. The van der Waals surface area contributed by atoms with Crippen LogP contribution in [0.5, 0.6) is 0 Å². The van der Waals surface area contributed by atoms with Crippen LogP contribution in [0.2, 0.25) is 0 Å². The number of halogens is 5. The Hall–Kier alpha value is -1.37. The maximum absolute atomic E-state index is 13.5. The van der Waals surface area contributed by atoms with Gasteiger partial charge in [0.1, 0.15) is 5.69 Å². The molecule has 1 heterocycles. The van der Waals surface area contributed by atoms with Crippen molar-refractivity contribution < 1.29 is 22.0 Å². The van der Waals surface area contributed by atoms with E-state index < -0.39 is 40.3 Å². The molecule has 1 aliphatic heterocycles. The van der Waals surface area contributed by atoms with E-state index in [9.17, 15) is 22.0 Å². The van der Waals surface area contributed by atoms with E-state index in [4.69, 9.17) is 5.73 Å². The van der Waals surface area contributed by atoms with Gasteiger partial charge in [0.25, 0.3) is 0 Å². The van der Waals surface area contributed by atoms with Crippen molar-refractivity contribution in [1.29, 1.82) is 0 Å². The van der Waals surface area contributed by atoms with Gasteiger partial charge in [-0.1, -0.05) is 0 Å². The van der Waals surface area contributed by atoms with Gasteiger partial charge in [-0.25, -0.2) is 22.0 Å². The predicted octanol–water partition coefficient (Wildman–Crippen LogP) is 2.31. The number of hydrogen-bond donors (Lipinski definition) is 1. The molecule has 104 valence electrons. The SMILES string of the molecule is NC1(C2CC2)CN(c2c(F)c(F)c(F)c(F)c2F)C1. The molecule has 1 aromatic rings. The molecule has 0 amide bonds. The highest BCUT2D eigenvalue weighted by Crippen LogP contribution is 2.45. The van der Waals surface area contributed by atoms with E-state index in [0.717, 1.165) is 17.7 Å². The third-order valence-corrected chi connectivity index (χ3v) is 3.86. The van der Waals surface area contributed by atoms with Crippen molar-refractivity contribution in [2.75, 3.05) is 18.0 Å². The number of nitrogens with zero attached hydrogens (tertiary/aromatic N) is 1. The van der Waals surface area contributed by atoms with E-state index in [1.165, 1.54) is 0 Å². The van der Waals surface area contributed by atoms with E-state index in [1.807, 2.05) is 0 Å². The number of rotatable bonds is 2. The molecule has 0 bridgehead atoms. The van der Waals surface area contributed by atoms with Gasteiger partial charge in [-0.2, -0.15) is 0 Å². The largest absolute Gasteiger partial charge is 0.363 e. The summed E-state index contributed by atoms with van der Waals surface area (Å²) in [7, 11) is 0. The number of nitrogens with two attached hydrogens (primary N) is 1. The van der Waals surface area contributed by atoms with Gasteiger partial charge in [-0.15, -0.1) is 0 Å². The van der Waals surface area contributed by atoms with Crippen LogP contribution in [0.1, 0.15) is 12.8 Å².